The van der Waals surface area contributed by atoms with Crippen LogP contribution < -0.4 is 10.1 Å². The van der Waals surface area contributed by atoms with E-state index in [1.165, 1.54) is 0 Å². The van der Waals surface area contributed by atoms with Crippen LogP contribution >= 0.6 is 11.6 Å². The van der Waals surface area contributed by atoms with E-state index >= 15 is 0 Å². The van der Waals surface area contributed by atoms with Gasteiger partial charge in [0, 0.05) is 37.1 Å². The van der Waals surface area contributed by atoms with Gasteiger partial charge in [0.2, 0.25) is 0 Å². The van der Waals surface area contributed by atoms with Crippen LogP contribution in [0.15, 0.2) is 48.8 Å². The Morgan fingerprint density at radius 2 is 1.85 bits per heavy atom. The molecule has 0 saturated carbocycles. The van der Waals surface area contributed by atoms with Crippen molar-refractivity contribution >= 4 is 23.4 Å². The molecule has 1 aliphatic heterocycles. The number of benzene rings is 1. The van der Waals surface area contributed by atoms with Crippen LogP contribution in [0.25, 0.3) is 0 Å². The summed E-state index contributed by atoms with van der Waals surface area (Å²) >= 11 is 6.06. The number of piperidine rings is 1. The van der Waals surface area contributed by atoms with Gasteiger partial charge in [0.25, 0.3) is 11.8 Å². The van der Waals surface area contributed by atoms with Crippen LogP contribution in [-0.4, -0.2) is 46.9 Å². The van der Waals surface area contributed by atoms with Crippen molar-refractivity contribution in [3.05, 3.63) is 59.4 Å². The van der Waals surface area contributed by atoms with E-state index in [4.69, 9.17) is 16.3 Å². The molecule has 1 fully saturated rings. The third-order valence-electron chi connectivity index (χ3n) is 4.57. The number of hydrogen-bond acceptors (Lipinski definition) is 4. The number of amides is 2. The Balaban J connectivity index is 1.48. The Hall–Kier alpha value is -2.60. The molecule has 1 atom stereocenters. The van der Waals surface area contributed by atoms with E-state index in [1.807, 2.05) is 4.90 Å². The second-order valence-corrected chi connectivity index (χ2v) is 6.91. The fourth-order valence-electron chi connectivity index (χ4n) is 3.01. The average Bonchev–Trinajstić information content (AvgIpc) is 2.70. The van der Waals surface area contributed by atoms with Crippen molar-refractivity contribution < 1.29 is 14.3 Å². The maximum absolute atomic E-state index is 12.5. The first kappa shape index (κ1) is 19.2. The van der Waals surface area contributed by atoms with Crippen LogP contribution in [0.1, 0.15) is 30.1 Å². The summed E-state index contributed by atoms with van der Waals surface area (Å²) in [5, 5.41) is 3.47. The smallest absolute Gasteiger partial charge is 0.260 e. The lowest BCUT2D eigenvalue weighted by atomic mass is 10.0. The van der Waals surface area contributed by atoms with Gasteiger partial charge in [-0.25, -0.2) is 0 Å². The molecule has 1 unspecified atom stereocenters. The molecular weight excluding hydrogens is 366 g/mol. The minimum atomic E-state index is -0.651. The number of halogens is 1. The molecule has 142 valence electrons. The third kappa shape index (κ3) is 4.98. The number of nitrogens with one attached hydrogen (secondary N) is 1. The SMILES string of the molecule is CC(Oc1ccccc1Cl)C(=O)NC1CCN(C(=O)c2ccncc2)CC1. The minimum Gasteiger partial charge on any atom is -0.479 e. The van der Waals surface area contributed by atoms with Crippen molar-refractivity contribution in [3.63, 3.8) is 0 Å². The lowest BCUT2D eigenvalue weighted by Crippen LogP contribution is -2.49. The van der Waals surface area contributed by atoms with Gasteiger partial charge in [0.05, 0.1) is 5.02 Å². The fourth-order valence-corrected chi connectivity index (χ4v) is 3.19. The van der Waals surface area contributed by atoms with Gasteiger partial charge in [-0.1, -0.05) is 23.7 Å². The van der Waals surface area contributed by atoms with E-state index in [0.29, 0.717) is 42.3 Å². The Morgan fingerprint density at radius 1 is 1.19 bits per heavy atom. The first-order chi connectivity index (χ1) is 13.0. The minimum absolute atomic E-state index is 0.00222. The number of carbonyl (C=O) groups is 2. The van der Waals surface area contributed by atoms with Crippen LogP contribution in [0.5, 0.6) is 5.75 Å². The van der Waals surface area contributed by atoms with E-state index in [9.17, 15) is 9.59 Å². The van der Waals surface area contributed by atoms with Gasteiger partial charge in [0.15, 0.2) is 6.10 Å². The quantitative estimate of drug-likeness (QED) is 0.856. The fraction of sp³-hybridized carbons (Fsp3) is 0.350. The molecule has 7 heteroatoms. The van der Waals surface area contributed by atoms with Gasteiger partial charge in [-0.15, -0.1) is 0 Å². The molecule has 0 bridgehead atoms. The van der Waals surface area contributed by atoms with Crippen molar-refractivity contribution in [3.8, 4) is 5.75 Å². The molecule has 1 N–H and O–H groups in total. The first-order valence-electron chi connectivity index (χ1n) is 8.95. The number of para-hydroxylation sites is 1. The van der Waals surface area contributed by atoms with Gasteiger partial charge < -0.3 is 15.0 Å². The number of rotatable bonds is 5. The van der Waals surface area contributed by atoms with Crippen LogP contribution in [0.4, 0.5) is 0 Å². The molecule has 1 aliphatic rings. The summed E-state index contributed by atoms with van der Waals surface area (Å²) in [6, 6.07) is 10.5. The molecular formula is C20H22ClN3O3. The number of hydrogen-bond donors (Lipinski definition) is 1. The molecule has 0 radical (unpaired) electrons. The maximum atomic E-state index is 12.5. The van der Waals surface area contributed by atoms with Gasteiger partial charge in [-0.05, 0) is 44.0 Å². The summed E-state index contributed by atoms with van der Waals surface area (Å²) < 4.78 is 5.65. The lowest BCUT2D eigenvalue weighted by molar-refractivity contribution is -0.128. The highest BCUT2D eigenvalue weighted by molar-refractivity contribution is 6.32. The Labute approximate surface area is 163 Å². The van der Waals surface area contributed by atoms with Crippen LogP contribution in [0.2, 0.25) is 5.02 Å². The number of carbonyl (C=O) groups excluding carboxylic acids is 2. The third-order valence-corrected chi connectivity index (χ3v) is 4.88. The van der Waals surface area contributed by atoms with E-state index in [1.54, 1.807) is 55.7 Å². The van der Waals surface area contributed by atoms with Crippen molar-refractivity contribution in [2.45, 2.75) is 31.9 Å². The molecule has 6 nitrogen and oxygen atoms in total. The van der Waals surface area contributed by atoms with E-state index in [0.717, 1.165) is 0 Å². The standard InChI is InChI=1S/C20H22ClN3O3/c1-14(27-18-5-3-2-4-17(18)21)19(25)23-16-8-12-24(13-9-16)20(26)15-6-10-22-11-7-15/h2-7,10-11,14,16H,8-9,12-13H2,1H3,(H,23,25). The summed E-state index contributed by atoms with van der Waals surface area (Å²) in [6.07, 6.45) is 3.99. The molecule has 3 rings (SSSR count). The zero-order chi connectivity index (χ0) is 19.2. The van der Waals surface area contributed by atoms with Crippen LogP contribution in [0.3, 0.4) is 0 Å². The van der Waals surface area contributed by atoms with Crippen LogP contribution in [0, 0.1) is 0 Å². The Morgan fingerprint density at radius 3 is 2.52 bits per heavy atom. The lowest BCUT2D eigenvalue weighted by Gasteiger charge is -2.33. The second kappa shape index (κ2) is 8.86. The molecule has 27 heavy (non-hydrogen) atoms. The predicted octanol–water partition coefficient (Wildman–Crippen LogP) is 2.92. The van der Waals surface area contributed by atoms with E-state index in [-0.39, 0.29) is 17.9 Å². The number of aromatic nitrogens is 1. The van der Waals surface area contributed by atoms with Crippen LogP contribution in [-0.2, 0) is 4.79 Å². The normalized spacial score (nSPS) is 15.9. The summed E-state index contributed by atoms with van der Waals surface area (Å²) in [5.41, 5.74) is 0.634. The molecule has 1 saturated heterocycles. The first-order valence-corrected chi connectivity index (χ1v) is 9.33. The van der Waals surface area contributed by atoms with Gasteiger partial charge in [0.1, 0.15) is 5.75 Å². The number of ether oxygens (including phenoxy) is 1. The largest absolute Gasteiger partial charge is 0.479 e. The highest BCUT2D eigenvalue weighted by Gasteiger charge is 2.26. The molecule has 1 aromatic carbocycles. The predicted molar refractivity (Wildman–Crippen MR) is 103 cm³/mol. The molecule has 0 spiro atoms. The van der Waals surface area contributed by atoms with Gasteiger partial charge >= 0.3 is 0 Å². The van der Waals surface area contributed by atoms with Crippen molar-refractivity contribution in [1.29, 1.82) is 0 Å². The Bertz CT molecular complexity index is 792. The van der Waals surface area contributed by atoms with Crippen molar-refractivity contribution in [2.75, 3.05) is 13.1 Å². The molecule has 2 heterocycles. The summed E-state index contributed by atoms with van der Waals surface area (Å²) in [5.74, 6) is 0.297. The van der Waals surface area contributed by atoms with Crippen molar-refractivity contribution in [1.82, 2.24) is 15.2 Å². The second-order valence-electron chi connectivity index (χ2n) is 6.50. The number of likely N-dealkylation sites (tertiary alicyclic amines) is 1. The summed E-state index contributed by atoms with van der Waals surface area (Å²) in [7, 11) is 0. The topological polar surface area (TPSA) is 71.5 Å². The van der Waals surface area contributed by atoms with E-state index < -0.39 is 6.10 Å². The molecule has 0 aliphatic carbocycles. The summed E-state index contributed by atoms with van der Waals surface area (Å²) in [4.78, 5) is 30.6. The highest BCUT2D eigenvalue weighted by atomic mass is 35.5. The zero-order valence-electron chi connectivity index (χ0n) is 15.1. The van der Waals surface area contributed by atoms with E-state index in [2.05, 4.69) is 10.3 Å². The zero-order valence-corrected chi connectivity index (χ0v) is 15.9. The van der Waals surface area contributed by atoms with Gasteiger partial charge in [-0.3, -0.25) is 14.6 Å². The van der Waals surface area contributed by atoms with Gasteiger partial charge in [-0.2, -0.15) is 0 Å². The number of pyridine rings is 1. The molecule has 1 aromatic heterocycles. The highest BCUT2D eigenvalue weighted by Crippen LogP contribution is 2.24. The van der Waals surface area contributed by atoms with Crippen molar-refractivity contribution in [2.24, 2.45) is 0 Å². The molecule has 2 aromatic rings. The maximum Gasteiger partial charge on any atom is 0.260 e. The average molecular weight is 388 g/mol. The Kier molecular flexibility index (Phi) is 6.29. The number of nitrogens with zero attached hydrogens (tertiary/aromatic N) is 2. The monoisotopic (exact) mass is 387 g/mol. The molecule has 2 amide bonds. The summed E-state index contributed by atoms with van der Waals surface area (Å²) in [6.45, 7) is 2.90.